The fourth-order valence-corrected chi connectivity index (χ4v) is 3.51. The van der Waals surface area contributed by atoms with E-state index in [4.69, 9.17) is 0 Å². The Morgan fingerprint density at radius 2 is 1.46 bits per heavy atom. The van der Waals surface area contributed by atoms with Gasteiger partial charge < -0.3 is 15.1 Å². The molecule has 0 radical (unpaired) electrons. The van der Waals surface area contributed by atoms with E-state index in [2.05, 4.69) is 40.0 Å². The minimum atomic E-state index is -0.919. The van der Waals surface area contributed by atoms with Crippen molar-refractivity contribution < 1.29 is 9.90 Å². The van der Waals surface area contributed by atoms with Crippen molar-refractivity contribution in [3.63, 3.8) is 0 Å². The van der Waals surface area contributed by atoms with Gasteiger partial charge in [0.2, 0.25) is 0 Å². The molecule has 4 rings (SSSR count). The fraction of sp³-hybridized carbons (Fsp3) is 0.150. The van der Waals surface area contributed by atoms with Crippen LogP contribution in [-0.4, -0.2) is 32.8 Å². The van der Waals surface area contributed by atoms with Crippen molar-refractivity contribution >= 4 is 40.4 Å². The van der Waals surface area contributed by atoms with E-state index in [9.17, 15) is 9.90 Å². The summed E-state index contributed by atoms with van der Waals surface area (Å²) in [7, 11) is 0. The first-order chi connectivity index (χ1) is 12.7. The molecule has 4 aromatic rings. The summed E-state index contributed by atoms with van der Waals surface area (Å²) in [6.07, 6.45) is 0. The van der Waals surface area contributed by atoms with Gasteiger partial charge in [-0.3, -0.25) is 10.1 Å². The number of aromatic amines is 2. The monoisotopic (exact) mass is 365 g/mol. The number of H-pyrrole nitrogens is 2. The number of carbonyl (C=O) groups is 1. The lowest BCUT2D eigenvalue weighted by Crippen LogP contribution is -2.41. The van der Waals surface area contributed by atoms with E-state index < -0.39 is 12.0 Å². The molecule has 0 fully saturated rings. The van der Waals surface area contributed by atoms with E-state index >= 15 is 0 Å². The lowest BCUT2D eigenvalue weighted by atomic mass is 10.1. The molecule has 0 aliphatic heterocycles. The van der Waals surface area contributed by atoms with Crippen molar-refractivity contribution in [1.82, 2.24) is 15.3 Å². The van der Waals surface area contributed by atoms with Gasteiger partial charge in [0, 0.05) is 28.2 Å². The molecule has 2 heterocycles. The van der Waals surface area contributed by atoms with Gasteiger partial charge in [-0.15, -0.1) is 0 Å². The number of para-hydroxylation sites is 2. The summed E-state index contributed by atoms with van der Waals surface area (Å²) in [6, 6.07) is 19.0. The molecular weight excluding hydrogens is 346 g/mol. The van der Waals surface area contributed by atoms with Gasteiger partial charge in [-0.2, -0.15) is 12.6 Å². The van der Waals surface area contributed by atoms with Crippen LogP contribution >= 0.6 is 12.6 Å². The third-order valence-electron chi connectivity index (χ3n) is 4.57. The van der Waals surface area contributed by atoms with Crippen LogP contribution in [0.5, 0.6) is 0 Å². The highest BCUT2D eigenvalue weighted by molar-refractivity contribution is 7.80. The number of carboxylic acid groups (broad SMARTS) is 1. The number of hydrogen-bond acceptors (Lipinski definition) is 3. The van der Waals surface area contributed by atoms with Gasteiger partial charge in [-0.05, 0) is 35.0 Å². The lowest BCUT2D eigenvalue weighted by Gasteiger charge is -2.21. The summed E-state index contributed by atoms with van der Waals surface area (Å²) in [5.74, 6) is -0.719. The van der Waals surface area contributed by atoms with Gasteiger partial charge in [-0.1, -0.05) is 36.4 Å². The SMILES string of the molecule is O=C(O)[C@H](CS)NC(c1cc2ccccc2[nH]1)c1cc2ccccc2[nH]1. The zero-order valence-electron chi connectivity index (χ0n) is 13.9. The number of nitrogens with one attached hydrogen (secondary N) is 3. The first kappa shape index (κ1) is 16.8. The summed E-state index contributed by atoms with van der Waals surface area (Å²) in [5, 5.41) is 14.9. The standard InChI is InChI=1S/C20H19N3O2S/c24-20(25)18(11-26)23-19(16-9-12-5-1-3-7-14(12)21-16)17-10-13-6-2-4-8-15(13)22-17/h1-10,18-19,21-23,26H,11H2,(H,24,25)/t18-/m0/s1. The highest BCUT2D eigenvalue weighted by atomic mass is 32.1. The normalized spacial score (nSPS) is 12.8. The summed E-state index contributed by atoms with van der Waals surface area (Å²) < 4.78 is 0. The maximum atomic E-state index is 11.5. The summed E-state index contributed by atoms with van der Waals surface area (Å²) >= 11 is 4.19. The van der Waals surface area contributed by atoms with Crippen molar-refractivity contribution in [2.24, 2.45) is 0 Å². The van der Waals surface area contributed by atoms with E-state index in [0.29, 0.717) is 0 Å². The molecule has 1 atom stereocenters. The Bertz CT molecular complexity index is 929. The first-order valence-electron chi connectivity index (χ1n) is 8.40. The highest BCUT2D eigenvalue weighted by Crippen LogP contribution is 2.28. The maximum absolute atomic E-state index is 11.5. The molecule has 2 aromatic heterocycles. The average molecular weight is 365 g/mol. The topological polar surface area (TPSA) is 80.9 Å². The van der Waals surface area contributed by atoms with Crippen LogP contribution in [0.25, 0.3) is 21.8 Å². The number of thiol groups is 1. The number of hydrogen-bond donors (Lipinski definition) is 5. The zero-order valence-corrected chi connectivity index (χ0v) is 14.8. The number of benzene rings is 2. The predicted molar refractivity (Wildman–Crippen MR) is 107 cm³/mol. The second kappa shape index (κ2) is 6.90. The molecular formula is C20H19N3O2S. The minimum Gasteiger partial charge on any atom is -0.480 e. The predicted octanol–water partition coefficient (Wildman–Crippen LogP) is 3.71. The van der Waals surface area contributed by atoms with Crippen LogP contribution in [0.1, 0.15) is 17.4 Å². The molecule has 4 N–H and O–H groups in total. The summed E-state index contributed by atoms with van der Waals surface area (Å²) in [5.41, 5.74) is 3.85. The molecule has 0 saturated carbocycles. The maximum Gasteiger partial charge on any atom is 0.321 e. The van der Waals surface area contributed by atoms with E-state index in [0.717, 1.165) is 33.2 Å². The Labute approximate surface area is 155 Å². The minimum absolute atomic E-state index is 0.201. The van der Waals surface area contributed by atoms with Crippen LogP contribution in [0.15, 0.2) is 60.7 Å². The van der Waals surface area contributed by atoms with E-state index in [1.807, 2.05) is 48.5 Å². The van der Waals surface area contributed by atoms with Crippen LogP contribution in [0.3, 0.4) is 0 Å². The molecule has 0 saturated heterocycles. The van der Waals surface area contributed by atoms with Gasteiger partial charge in [0.1, 0.15) is 6.04 Å². The second-order valence-electron chi connectivity index (χ2n) is 6.30. The highest BCUT2D eigenvalue weighted by Gasteiger charge is 2.25. The Balaban J connectivity index is 1.81. The van der Waals surface area contributed by atoms with Crippen LogP contribution in [0, 0.1) is 0 Å². The average Bonchev–Trinajstić information content (AvgIpc) is 3.25. The molecule has 26 heavy (non-hydrogen) atoms. The van der Waals surface area contributed by atoms with Gasteiger partial charge in [0.15, 0.2) is 0 Å². The van der Waals surface area contributed by atoms with Gasteiger partial charge >= 0.3 is 5.97 Å². The van der Waals surface area contributed by atoms with Crippen molar-refractivity contribution in [2.75, 3.05) is 5.75 Å². The Kier molecular flexibility index (Phi) is 4.44. The first-order valence-corrected chi connectivity index (χ1v) is 9.04. The number of carboxylic acids is 1. The molecule has 0 amide bonds. The number of aliphatic carboxylic acids is 1. The number of aromatic nitrogens is 2. The zero-order chi connectivity index (χ0) is 18.1. The molecule has 0 aliphatic carbocycles. The van der Waals surface area contributed by atoms with Crippen LogP contribution in [0.2, 0.25) is 0 Å². The van der Waals surface area contributed by atoms with Crippen LogP contribution in [0.4, 0.5) is 0 Å². The number of fused-ring (bicyclic) bond motifs is 2. The second-order valence-corrected chi connectivity index (χ2v) is 6.66. The largest absolute Gasteiger partial charge is 0.480 e. The van der Waals surface area contributed by atoms with Gasteiger partial charge in [-0.25, -0.2) is 0 Å². The van der Waals surface area contributed by atoms with Crippen molar-refractivity contribution in [1.29, 1.82) is 0 Å². The molecule has 2 aromatic carbocycles. The smallest absolute Gasteiger partial charge is 0.321 e. The van der Waals surface area contributed by atoms with Gasteiger partial charge in [0.25, 0.3) is 0 Å². The van der Waals surface area contributed by atoms with E-state index in [1.165, 1.54) is 0 Å². The molecule has 0 unspecified atom stereocenters. The molecule has 5 nitrogen and oxygen atoms in total. The third kappa shape index (κ3) is 3.09. The number of rotatable bonds is 6. The summed E-state index contributed by atoms with van der Waals surface area (Å²) in [6.45, 7) is 0. The Morgan fingerprint density at radius 1 is 0.962 bits per heavy atom. The Hall–Kier alpha value is -2.70. The van der Waals surface area contributed by atoms with Crippen LogP contribution < -0.4 is 5.32 Å². The van der Waals surface area contributed by atoms with Crippen molar-refractivity contribution in [3.8, 4) is 0 Å². The van der Waals surface area contributed by atoms with E-state index in [-0.39, 0.29) is 11.8 Å². The summed E-state index contributed by atoms with van der Waals surface area (Å²) in [4.78, 5) is 18.4. The van der Waals surface area contributed by atoms with Crippen molar-refractivity contribution in [2.45, 2.75) is 12.1 Å². The molecule has 132 valence electrons. The molecule has 0 spiro atoms. The van der Waals surface area contributed by atoms with Crippen molar-refractivity contribution in [3.05, 3.63) is 72.1 Å². The quantitative estimate of drug-likeness (QED) is 0.338. The Morgan fingerprint density at radius 3 is 1.88 bits per heavy atom. The third-order valence-corrected chi connectivity index (χ3v) is 4.94. The van der Waals surface area contributed by atoms with E-state index in [1.54, 1.807) is 0 Å². The van der Waals surface area contributed by atoms with Crippen LogP contribution in [-0.2, 0) is 4.79 Å². The van der Waals surface area contributed by atoms with Gasteiger partial charge in [0.05, 0.1) is 6.04 Å². The molecule has 6 heteroatoms. The lowest BCUT2D eigenvalue weighted by molar-refractivity contribution is -0.139. The fourth-order valence-electron chi connectivity index (χ4n) is 3.25. The molecule has 0 bridgehead atoms. The molecule has 0 aliphatic rings.